The number of nitrogens with one attached hydrogen (secondary N) is 1. The Morgan fingerprint density at radius 3 is 2.71 bits per heavy atom. The summed E-state index contributed by atoms with van der Waals surface area (Å²) in [6.07, 6.45) is 0.427. The van der Waals surface area contributed by atoms with Gasteiger partial charge in [0.05, 0.1) is 28.9 Å². The van der Waals surface area contributed by atoms with Crippen molar-refractivity contribution >= 4 is 22.9 Å². The molecule has 0 bridgehead atoms. The maximum absolute atomic E-state index is 12.0. The molecular weight excluding hydrogens is 270 g/mol. The molecule has 2 aromatic rings. The summed E-state index contributed by atoms with van der Waals surface area (Å²) in [5, 5.41) is 11.7. The van der Waals surface area contributed by atoms with Gasteiger partial charge < -0.3 is 15.0 Å². The first-order valence-corrected chi connectivity index (χ1v) is 6.93. The van der Waals surface area contributed by atoms with Crippen LogP contribution in [0.25, 0.3) is 11.0 Å². The number of carboxylic acids is 1. The lowest BCUT2D eigenvalue weighted by atomic mass is 10.2. The fourth-order valence-electron chi connectivity index (χ4n) is 2.69. The summed E-state index contributed by atoms with van der Waals surface area (Å²) in [6.45, 7) is 1.86. The molecule has 6 nitrogen and oxygen atoms in total. The Labute approximate surface area is 121 Å². The van der Waals surface area contributed by atoms with Gasteiger partial charge in [-0.3, -0.25) is 9.59 Å². The average molecular weight is 287 g/mol. The Morgan fingerprint density at radius 1 is 1.38 bits per heavy atom. The van der Waals surface area contributed by atoms with Crippen LogP contribution in [0.4, 0.5) is 0 Å². The molecule has 0 radical (unpaired) electrons. The number of nitrogens with zero attached hydrogens (tertiary/aromatic N) is 2. The van der Waals surface area contributed by atoms with Crippen molar-refractivity contribution in [2.45, 2.75) is 19.4 Å². The predicted octanol–water partition coefficient (Wildman–Crippen LogP) is 1.47. The van der Waals surface area contributed by atoms with Gasteiger partial charge in [0.15, 0.2) is 0 Å². The molecule has 0 spiro atoms. The van der Waals surface area contributed by atoms with Crippen LogP contribution in [0.3, 0.4) is 0 Å². The third kappa shape index (κ3) is 2.37. The second kappa shape index (κ2) is 4.87. The van der Waals surface area contributed by atoms with Gasteiger partial charge in [-0.1, -0.05) is 12.1 Å². The number of hydrogen-bond acceptors (Lipinski definition) is 3. The van der Waals surface area contributed by atoms with Gasteiger partial charge in [0.1, 0.15) is 5.82 Å². The molecular formula is C15H17N3O3. The van der Waals surface area contributed by atoms with Crippen molar-refractivity contribution in [2.24, 2.45) is 18.9 Å². The number of para-hydroxylation sites is 2. The molecule has 0 aliphatic heterocycles. The summed E-state index contributed by atoms with van der Waals surface area (Å²) in [7, 11) is 1.91. The van der Waals surface area contributed by atoms with Crippen molar-refractivity contribution < 1.29 is 14.7 Å². The normalized spacial score (nSPS) is 22.0. The fourth-order valence-corrected chi connectivity index (χ4v) is 2.69. The highest BCUT2D eigenvalue weighted by atomic mass is 16.4. The van der Waals surface area contributed by atoms with E-state index in [0.717, 1.165) is 16.9 Å². The third-order valence-electron chi connectivity index (χ3n) is 4.01. The van der Waals surface area contributed by atoms with Gasteiger partial charge in [-0.15, -0.1) is 0 Å². The Morgan fingerprint density at radius 2 is 2.10 bits per heavy atom. The summed E-state index contributed by atoms with van der Waals surface area (Å²) < 4.78 is 1.95. The molecule has 1 aliphatic carbocycles. The van der Waals surface area contributed by atoms with Gasteiger partial charge >= 0.3 is 5.97 Å². The largest absolute Gasteiger partial charge is 0.481 e. The van der Waals surface area contributed by atoms with Gasteiger partial charge in [-0.25, -0.2) is 4.98 Å². The molecule has 1 heterocycles. The molecule has 3 atom stereocenters. The van der Waals surface area contributed by atoms with Gasteiger partial charge in [-0.05, 0) is 25.5 Å². The van der Waals surface area contributed by atoms with Crippen LogP contribution in [-0.4, -0.2) is 26.5 Å². The zero-order valence-electron chi connectivity index (χ0n) is 11.9. The Bertz CT molecular complexity index is 722. The van der Waals surface area contributed by atoms with Gasteiger partial charge in [0.25, 0.3) is 0 Å². The molecule has 1 fully saturated rings. The highest BCUT2D eigenvalue weighted by Crippen LogP contribution is 2.39. The van der Waals surface area contributed by atoms with Crippen LogP contribution in [0.2, 0.25) is 0 Å². The number of fused-ring (bicyclic) bond motifs is 1. The number of amides is 1. The monoisotopic (exact) mass is 287 g/mol. The number of carboxylic acid groups (broad SMARTS) is 1. The number of rotatable bonds is 4. The van der Waals surface area contributed by atoms with E-state index in [1.807, 2.05) is 42.8 Å². The molecule has 1 aromatic carbocycles. The molecule has 1 amide bonds. The lowest BCUT2D eigenvalue weighted by Crippen LogP contribution is -2.30. The minimum absolute atomic E-state index is 0.207. The number of benzene rings is 1. The molecule has 6 heteroatoms. The van der Waals surface area contributed by atoms with Crippen molar-refractivity contribution in [2.75, 3.05) is 0 Å². The van der Waals surface area contributed by atoms with E-state index in [2.05, 4.69) is 10.3 Å². The SMILES string of the molecule is CC(NC(=O)C1CC1C(=O)O)c1nc2ccccc2n1C. The molecule has 1 saturated carbocycles. The summed E-state index contributed by atoms with van der Waals surface area (Å²) in [6, 6.07) is 7.50. The lowest BCUT2D eigenvalue weighted by Gasteiger charge is -2.13. The maximum atomic E-state index is 12.0. The van der Waals surface area contributed by atoms with Crippen LogP contribution in [-0.2, 0) is 16.6 Å². The number of imidazole rings is 1. The quantitative estimate of drug-likeness (QED) is 0.892. The second-order valence-corrected chi connectivity index (χ2v) is 5.53. The van der Waals surface area contributed by atoms with Crippen LogP contribution in [0, 0.1) is 11.8 Å². The minimum atomic E-state index is -0.898. The van der Waals surface area contributed by atoms with Crippen molar-refractivity contribution in [1.29, 1.82) is 0 Å². The smallest absolute Gasteiger partial charge is 0.307 e. The lowest BCUT2D eigenvalue weighted by molar-refractivity contribution is -0.140. The average Bonchev–Trinajstić information content (AvgIpc) is 3.19. The summed E-state index contributed by atoms with van der Waals surface area (Å²) in [5.74, 6) is -1.28. The van der Waals surface area contributed by atoms with Crippen molar-refractivity contribution in [3.05, 3.63) is 30.1 Å². The van der Waals surface area contributed by atoms with Crippen molar-refractivity contribution in [3.8, 4) is 0 Å². The van der Waals surface area contributed by atoms with Crippen molar-refractivity contribution in [3.63, 3.8) is 0 Å². The van der Waals surface area contributed by atoms with E-state index in [0.29, 0.717) is 6.42 Å². The van der Waals surface area contributed by atoms with Crippen LogP contribution >= 0.6 is 0 Å². The second-order valence-electron chi connectivity index (χ2n) is 5.53. The Hall–Kier alpha value is -2.37. The number of carbonyl (C=O) groups is 2. The van der Waals surface area contributed by atoms with Crippen LogP contribution in [0.5, 0.6) is 0 Å². The topological polar surface area (TPSA) is 84.2 Å². The highest BCUT2D eigenvalue weighted by Gasteiger charge is 2.48. The Balaban J connectivity index is 1.75. The number of aromatic nitrogens is 2. The fraction of sp³-hybridized carbons (Fsp3) is 0.400. The van der Waals surface area contributed by atoms with Crippen LogP contribution < -0.4 is 5.32 Å². The number of carbonyl (C=O) groups excluding carboxylic acids is 1. The first-order chi connectivity index (χ1) is 9.99. The number of aliphatic carboxylic acids is 1. The van der Waals surface area contributed by atoms with Gasteiger partial charge in [-0.2, -0.15) is 0 Å². The summed E-state index contributed by atoms with van der Waals surface area (Å²) in [4.78, 5) is 27.4. The molecule has 21 heavy (non-hydrogen) atoms. The molecule has 2 N–H and O–H groups in total. The summed E-state index contributed by atoms with van der Waals surface area (Å²) >= 11 is 0. The third-order valence-corrected chi connectivity index (χ3v) is 4.01. The zero-order chi connectivity index (χ0) is 15.1. The molecule has 3 unspecified atom stereocenters. The van der Waals surface area contributed by atoms with Crippen LogP contribution in [0.15, 0.2) is 24.3 Å². The first kappa shape index (κ1) is 13.6. The molecule has 1 aliphatic rings. The van der Waals surface area contributed by atoms with E-state index >= 15 is 0 Å². The van der Waals surface area contributed by atoms with Gasteiger partial charge in [0.2, 0.25) is 5.91 Å². The predicted molar refractivity (Wildman–Crippen MR) is 76.5 cm³/mol. The maximum Gasteiger partial charge on any atom is 0.307 e. The van der Waals surface area contributed by atoms with Crippen molar-refractivity contribution in [1.82, 2.24) is 14.9 Å². The van der Waals surface area contributed by atoms with E-state index in [4.69, 9.17) is 5.11 Å². The first-order valence-electron chi connectivity index (χ1n) is 6.93. The minimum Gasteiger partial charge on any atom is -0.481 e. The number of aryl methyl sites for hydroxylation is 1. The molecule has 3 rings (SSSR count). The standard InChI is InChI=1S/C15H17N3O3/c1-8(16-14(19)9-7-10(9)15(20)21)13-17-11-5-3-4-6-12(11)18(13)2/h3-6,8-10H,7H2,1-2H3,(H,16,19)(H,20,21). The van der Waals surface area contributed by atoms with E-state index in [1.165, 1.54) is 0 Å². The van der Waals surface area contributed by atoms with E-state index in [-0.39, 0.29) is 11.9 Å². The summed E-state index contributed by atoms with van der Waals surface area (Å²) in [5.41, 5.74) is 1.88. The van der Waals surface area contributed by atoms with E-state index in [9.17, 15) is 9.59 Å². The molecule has 0 saturated heterocycles. The van der Waals surface area contributed by atoms with Gasteiger partial charge in [0, 0.05) is 7.05 Å². The highest BCUT2D eigenvalue weighted by molar-refractivity contribution is 5.89. The molecule has 1 aromatic heterocycles. The van der Waals surface area contributed by atoms with Crippen LogP contribution in [0.1, 0.15) is 25.2 Å². The van der Waals surface area contributed by atoms with E-state index < -0.39 is 17.8 Å². The zero-order valence-corrected chi connectivity index (χ0v) is 11.9. The Kier molecular flexibility index (Phi) is 3.16. The number of hydrogen-bond donors (Lipinski definition) is 2. The molecule has 110 valence electrons. The van der Waals surface area contributed by atoms with E-state index in [1.54, 1.807) is 0 Å².